The number of hydrogen-bond acceptors (Lipinski definition) is 2. The third-order valence-electron chi connectivity index (χ3n) is 8.68. The summed E-state index contributed by atoms with van der Waals surface area (Å²) in [6.45, 7) is 9.11. The number of hydrogen-bond donors (Lipinski definition) is 0. The van der Waals surface area contributed by atoms with Crippen molar-refractivity contribution in [2.45, 2.75) is 39.5 Å². The quantitative estimate of drug-likeness (QED) is 0.206. The number of benzene rings is 6. The molecule has 0 atom stereocenters. The molecule has 0 N–H and O–H groups in total. The molecule has 6 aromatic carbocycles. The van der Waals surface area contributed by atoms with Gasteiger partial charge >= 0.3 is 0 Å². The lowest BCUT2D eigenvalue weighted by Gasteiger charge is -2.22. The smallest absolute Gasteiger partial charge is 0.145 e. The zero-order valence-corrected chi connectivity index (χ0v) is 24.3. The van der Waals surface area contributed by atoms with E-state index in [0.29, 0.717) is 11.8 Å². The Morgan fingerprint density at radius 1 is 0.571 bits per heavy atom. The summed E-state index contributed by atoms with van der Waals surface area (Å²) in [5.41, 5.74) is 8.91. The van der Waals surface area contributed by atoms with Crippen LogP contribution in [0.4, 0.5) is 0 Å². The Morgan fingerprint density at radius 2 is 1.21 bits per heavy atom. The largest absolute Gasteiger partial charge is 0.456 e. The fraction of sp³-hybridized carbons (Fsp3) is 0.154. The molecule has 0 aliphatic carbocycles. The van der Waals surface area contributed by atoms with E-state index in [4.69, 9.17) is 9.40 Å². The van der Waals surface area contributed by atoms with Crippen molar-refractivity contribution in [3.05, 3.63) is 120 Å². The van der Waals surface area contributed by atoms with Crippen molar-refractivity contribution in [1.29, 1.82) is 0 Å². The maximum Gasteiger partial charge on any atom is 0.145 e. The van der Waals surface area contributed by atoms with E-state index in [1.165, 1.54) is 38.4 Å². The minimum Gasteiger partial charge on any atom is -0.456 e. The molecule has 8 aromatic rings. The van der Waals surface area contributed by atoms with E-state index >= 15 is 0 Å². The molecule has 204 valence electrons. The summed E-state index contributed by atoms with van der Waals surface area (Å²) >= 11 is 0. The highest BCUT2D eigenvalue weighted by Crippen LogP contribution is 2.40. The van der Waals surface area contributed by atoms with Crippen LogP contribution in [0.2, 0.25) is 0 Å². The molecule has 2 aromatic heterocycles. The Morgan fingerprint density at radius 3 is 1.93 bits per heavy atom. The second-order valence-corrected chi connectivity index (χ2v) is 12.1. The van der Waals surface area contributed by atoms with Crippen molar-refractivity contribution in [3.63, 3.8) is 0 Å². The van der Waals surface area contributed by atoms with Gasteiger partial charge in [-0.15, -0.1) is 0 Å². The van der Waals surface area contributed by atoms with Crippen LogP contribution in [0, 0.1) is 0 Å². The van der Waals surface area contributed by atoms with Gasteiger partial charge < -0.3 is 4.42 Å². The lowest BCUT2D eigenvalue weighted by atomic mass is 9.92. The van der Waals surface area contributed by atoms with Gasteiger partial charge in [0.15, 0.2) is 0 Å². The van der Waals surface area contributed by atoms with Gasteiger partial charge in [0, 0.05) is 16.3 Å². The lowest BCUT2D eigenvalue weighted by molar-refractivity contribution is 0.669. The van der Waals surface area contributed by atoms with E-state index in [1.54, 1.807) is 0 Å². The normalized spacial score (nSPS) is 12.2. The number of furan rings is 1. The van der Waals surface area contributed by atoms with E-state index in [-0.39, 0.29) is 0 Å². The predicted octanol–water partition coefficient (Wildman–Crippen LogP) is 11.1. The van der Waals surface area contributed by atoms with E-state index in [1.807, 2.05) is 0 Å². The van der Waals surface area contributed by atoms with Crippen LogP contribution >= 0.6 is 0 Å². The second kappa shape index (κ2) is 9.32. The number of para-hydroxylation sites is 3. The predicted molar refractivity (Wildman–Crippen MR) is 177 cm³/mol. The van der Waals surface area contributed by atoms with Crippen molar-refractivity contribution in [1.82, 2.24) is 9.55 Å². The Balaban J connectivity index is 1.41. The van der Waals surface area contributed by atoms with Crippen LogP contribution < -0.4 is 0 Å². The molecule has 8 rings (SSSR count). The SMILES string of the molecule is CC(C)c1cccc(C(C)C)c1-n1c(-c2ccc3oc4cc5cc6ccccc6cc5cc4c3c2)nc2ccccc21. The van der Waals surface area contributed by atoms with E-state index < -0.39 is 0 Å². The molecule has 0 aliphatic heterocycles. The first-order chi connectivity index (χ1) is 20.5. The topological polar surface area (TPSA) is 31.0 Å². The number of rotatable bonds is 4. The summed E-state index contributed by atoms with van der Waals surface area (Å²) in [6, 6.07) is 39.3. The number of imidazole rings is 1. The molecule has 0 aliphatic rings. The van der Waals surface area contributed by atoms with Crippen molar-refractivity contribution >= 4 is 54.5 Å². The summed E-state index contributed by atoms with van der Waals surface area (Å²) in [5, 5.41) is 7.13. The summed E-state index contributed by atoms with van der Waals surface area (Å²) in [7, 11) is 0. The molecule has 2 heterocycles. The molecule has 0 fully saturated rings. The van der Waals surface area contributed by atoms with Gasteiger partial charge in [0.05, 0.1) is 16.7 Å². The molecule has 3 heteroatoms. The van der Waals surface area contributed by atoms with Crippen LogP contribution in [0.15, 0.2) is 114 Å². The van der Waals surface area contributed by atoms with Crippen LogP contribution in [0.3, 0.4) is 0 Å². The molecule has 0 radical (unpaired) electrons. The third kappa shape index (κ3) is 3.77. The molecule has 0 bridgehead atoms. The minimum absolute atomic E-state index is 0.373. The summed E-state index contributed by atoms with van der Waals surface area (Å²) in [4.78, 5) is 5.25. The maximum atomic E-state index is 6.41. The molecule has 3 nitrogen and oxygen atoms in total. The Hall–Kier alpha value is -4.89. The molecule has 0 unspecified atom stereocenters. The van der Waals surface area contributed by atoms with Crippen molar-refractivity contribution < 1.29 is 4.42 Å². The second-order valence-electron chi connectivity index (χ2n) is 12.1. The number of nitrogens with zero attached hydrogens (tertiary/aromatic N) is 2. The van der Waals surface area contributed by atoms with Crippen molar-refractivity contribution in [3.8, 4) is 17.1 Å². The van der Waals surface area contributed by atoms with Gasteiger partial charge in [-0.05, 0) is 99.1 Å². The highest BCUT2D eigenvalue weighted by Gasteiger charge is 2.22. The zero-order valence-electron chi connectivity index (χ0n) is 24.3. The van der Waals surface area contributed by atoms with Crippen LogP contribution in [0.25, 0.3) is 71.6 Å². The molecule has 0 saturated carbocycles. The summed E-state index contributed by atoms with van der Waals surface area (Å²) < 4.78 is 8.81. The molecule has 0 amide bonds. The average Bonchev–Trinajstić information content (AvgIpc) is 3.55. The van der Waals surface area contributed by atoms with E-state index in [2.05, 4.69) is 141 Å². The van der Waals surface area contributed by atoms with Gasteiger partial charge in [-0.1, -0.05) is 82.3 Å². The highest BCUT2D eigenvalue weighted by molar-refractivity contribution is 6.12. The monoisotopic (exact) mass is 544 g/mol. The van der Waals surface area contributed by atoms with Gasteiger partial charge in [0.25, 0.3) is 0 Å². The Kier molecular flexibility index (Phi) is 5.52. The molecule has 0 spiro atoms. The fourth-order valence-corrected chi connectivity index (χ4v) is 6.57. The minimum atomic E-state index is 0.373. The van der Waals surface area contributed by atoms with Crippen LogP contribution in [0.1, 0.15) is 50.7 Å². The van der Waals surface area contributed by atoms with Crippen LogP contribution in [0.5, 0.6) is 0 Å². The van der Waals surface area contributed by atoms with Gasteiger partial charge in [0.2, 0.25) is 0 Å². The van der Waals surface area contributed by atoms with Crippen LogP contribution in [-0.2, 0) is 0 Å². The number of aromatic nitrogens is 2. The average molecular weight is 545 g/mol. The van der Waals surface area contributed by atoms with Gasteiger partial charge in [0.1, 0.15) is 17.0 Å². The van der Waals surface area contributed by atoms with Crippen molar-refractivity contribution in [2.75, 3.05) is 0 Å². The first-order valence-electron chi connectivity index (χ1n) is 14.9. The van der Waals surface area contributed by atoms with Crippen molar-refractivity contribution in [2.24, 2.45) is 0 Å². The number of fused-ring (bicyclic) bond motifs is 6. The fourth-order valence-electron chi connectivity index (χ4n) is 6.57. The van der Waals surface area contributed by atoms with Gasteiger partial charge in [-0.25, -0.2) is 4.98 Å². The van der Waals surface area contributed by atoms with Crippen LogP contribution in [-0.4, -0.2) is 9.55 Å². The molecule has 42 heavy (non-hydrogen) atoms. The highest BCUT2D eigenvalue weighted by atomic mass is 16.3. The van der Waals surface area contributed by atoms with E-state index in [0.717, 1.165) is 44.4 Å². The Labute approximate surface area is 245 Å². The van der Waals surface area contributed by atoms with E-state index in [9.17, 15) is 0 Å². The summed E-state index contributed by atoms with van der Waals surface area (Å²) in [5.74, 6) is 1.70. The molecular weight excluding hydrogens is 512 g/mol. The molecule has 0 saturated heterocycles. The maximum absolute atomic E-state index is 6.41. The first kappa shape index (κ1) is 24.9. The Bertz CT molecular complexity index is 2290. The van der Waals surface area contributed by atoms with Gasteiger partial charge in [-0.3, -0.25) is 4.57 Å². The summed E-state index contributed by atoms with van der Waals surface area (Å²) in [6.07, 6.45) is 0. The standard InChI is InChI=1S/C39H32N2O/c1-23(2)30-12-9-13-31(24(3)4)38(30)41-35-15-8-7-14-34(35)40-39(41)27-16-17-36-32(20-27)33-21-28-18-25-10-5-6-11-26(25)19-29(28)22-37(33)42-36/h5-24H,1-4H3. The first-order valence-corrected chi connectivity index (χ1v) is 14.9. The molecular formula is C39H32N2O. The zero-order chi connectivity index (χ0) is 28.5. The van der Waals surface area contributed by atoms with Gasteiger partial charge in [-0.2, -0.15) is 0 Å². The lowest BCUT2D eigenvalue weighted by Crippen LogP contribution is -2.08. The third-order valence-corrected chi connectivity index (χ3v) is 8.68.